The molecule has 0 bridgehead atoms. The minimum Gasteiger partial charge on any atom is -0.403 e. The van der Waals surface area contributed by atoms with Crippen molar-refractivity contribution in [3.63, 3.8) is 0 Å². The second kappa shape index (κ2) is 15.8. The van der Waals surface area contributed by atoms with Gasteiger partial charge in [-0.3, -0.25) is 4.79 Å². The van der Waals surface area contributed by atoms with Crippen LogP contribution in [-0.2, 0) is 6.42 Å². The topological polar surface area (TPSA) is 55.1 Å². The number of nitrogens with two attached hydrogens (primary N) is 1. The second-order valence-electron chi connectivity index (χ2n) is 6.14. The number of benzene rings is 1. The van der Waals surface area contributed by atoms with Crippen molar-refractivity contribution in [2.45, 2.75) is 53.9 Å². The number of hydrogen-bond acceptors (Lipinski definition) is 4. The third kappa shape index (κ3) is 10.0. The quantitative estimate of drug-likeness (QED) is 0.729. The Bertz CT molecular complexity index is 510. The van der Waals surface area contributed by atoms with Gasteiger partial charge in [-0.05, 0) is 36.6 Å². The Balaban J connectivity index is 0. The first-order valence-electron chi connectivity index (χ1n) is 8.99. The number of nitrogens with one attached hydrogen (secondary N) is 1. The fourth-order valence-electron chi connectivity index (χ4n) is 2.37. The minimum atomic E-state index is 0.0622. The standard InChI is InChI=1S/C14H18N2O.C4H10.C2H6.CH2S/c1-16-12(9-15)8-11-7-6-10-4-2-3-5-13(10)14(11)17;1-4(2)3;2*1-2/h2-5,9,11,16H,6-8,15H2,1H3;4H,1-3H3;1-2H3;1H2/b12-9-;;;. The Labute approximate surface area is 160 Å². The van der Waals surface area contributed by atoms with Gasteiger partial charge in [-0.1, -0.05) is 71.1 Å². The molecule has 1 atom stereocenters. The minimum absolute atomic E-state index is 0.0622. The molecule has 1 aliphatic carbocycles. The Morgan fingerprint density at radius 1 is 1.32 bits per heavy atom. The van der Waals surface area contributed by atoms with Gasteiger partial charge in [0.05, 0.1) is 0 Å². The number of hydrogen-bond donors (Lipinski definition) is 2. The number of Topliss-reactive ketones (excluding diaryl/α,β-unsaturated/α-hetero) is 1. The van der Waals surface area contributed by atoms with Gasteiger partial charge in [0.1, 0.15) is 0 Å². The molecule has 3 nitrogen and oxygen atoms in total. The van der Waals surface area contributed by atoms with E-state index in [1.807, 2.05) is 45.2 Å². The molecule has 1 aromatic carbocycles. The van der Waals surface area contributed by atoms with E-state index in [9.17, 15) is 4.79 Å². The number of carbonyl (C=O) groups excluding carboxylic acids is 1. The van der Waals surface area contributed by atoms with Crippen LogP contribution in [-0.4, -0.2) is 18.7 Å². The van der Waals surface area contributed by atoms with Crippen LogP contribution in [0.15, 0.2) is 36.2 Å². The summed E-state index contributed by atoms with van der Waals surface area (Å²) < 4.78 is 0. The summed E-state index contributed by atoms with van der Waals surface area (Å²) in [5.74, 6) is 3.98. The van der Waals surface area contributed by atoms with Crippen LogP contribution in [0.25, 0.3) is 0 Å². The summed E-state index contributed by atoms with van der Waals surface area (Å²) in [7, 11) is 1.83. The first-order chi connectivity index (χ1) is 12.0. The number of ketones is 1. The first kappa shape index (κ1) is 25.6. The van der Waals surface area contributed by atoms with Gasteiger partial charge in [0.25, 0.3) is 0 Å². The van der Waals surface area contributed by atoms with E-state index in [0.29, 0.717) is 6.42 Å². The van der Waals surface area contributed by atoms with Crippen LogP contribution in [0.4, 0.5) is 0 Å². The lowest BCUT2D eigenvalue weighted by Crippen LogP contribution is -2.25. The summed E-state index contributed by atoms with van der Waals surface area (Å²) >= 11 is 3.83. The van der Waals surface area contributed by atoms with E-state index in [1.165, 1.54) is 5.56 Å². The molecule has 1 aliphatic rings. The van der Waals surface area contributed by atoms with E-state index < -0.39 is 0 Å². The maximum Gasteiger partial charge on any atom is 0.166 e. The van der Waals surface area contributed by atoms with Crippen LogP contribution >= 0.6 is 12.2 Å². The Kier molecular flexibility index (Phi) is 16.2. The van der Waals surface area contributed by atoms with Gasteiger partial charge in [0.15, 0.2) is 5.78 Å². The first-order valence-corrected chi connectivity index (χ1v) is 9.56. The molecule has 0 saturated carbocycles. The van der Waals surface area contributed by atoms with Crippen molar-refractivity contribution in [2.75, 3.05) is 7.05 Å². The van der Waals surface area contributed by atoms with Gasteiger partial charge in [0, 0.05) is 30.4 Å². The summed E-state index contributed by atoms with van der Waals surface area (Å²) in [6, 6.07) is 7.89. The van der Waals surface area contributed by atoms with Crippen LogP contribution < -0.4 is 11.1 Å². The van der Waals surface area contributed by atoms with E-state index in [1.54, 1.807) is 6.20 Å². The van der Waals surface area contributed by atoms with Gasteiger partial charge in [0.2, 0.25) is 0 Å². The highest BCUT2D eigenvalue weighted by Gasteiger charge is 2.27. The molecule has 0 aromatic heterocycles. The molecule has 0 saturated heterocycles. The van der Waals surface area contributed by atoms with E-state index in [4.69, 9.17) is 5.73 Å². The van der Waals surface area contributed by atoms with Crippen molar-refractivity contribution in [3.8, 4) is 0 Å². The van der Waals surface area contributed by atoms with Crippen LogP contribution in [0.5, 0.6) is 0 Å². The molecule has 2 rings (SSSR count). The molecular weight excluding hydrogens is 328 g/mol. The van der Waals surface area contributed by atoms with Crippen molar-refractivity contribution in [2.24, 2.45) is 17.6 Å². The van der Waals surface area contributed by atoms with E-state index in [-0.39, 0.29) is 11.7 Å². The predicted molar refractivity (Wildman–Crippen MR) is 115 cm³/mol. The largest absolute Gasteiger partial charge is 0.403 e. The van der Waals surface area contributed by atoms with Gasteiger partial charge in [-0.15, -0.1) is 0 Å². The van der Waals surface area contributed by atoms with Crippen molar-refractivity contribution >= 4 is 23.9 Å². The average Bonchev–Trinajstić information content (AvgIpc) is 2.64. The monoisotopic (exact) mass is 364 g/mol. The van der Waals surface area contributed by atoms with Gasteiger partial charge < -0.3 is 11.1 Å². The molecule has 0 amide bonds. The maximum absolute atomic E-state index is 12.3. The lowest BCUT2D eigenvalue weighted by molar-refractivity contribution is 0.0900. The molecule has 25 heavy (non-hydrogen) atoms. The summed E-state index contributed by atoms with van der Waals surface area (Å²) in [5.41, 5.74) is 8.50. The third-order valence-corrected chi connectivity index (χ3v) is 3.40. The highest BCUT2D eigenvalue weighted by atomic mass is 32.1. The van der Waals surface area contributed by atoms with Crippen molar-refractivity contribution in [3.05, 3.63) is 47.3 Å². The summed E-state index contributed by atoms with van der Waals surface area (Å²) in [6.45, 7) is 10.5. The molecule has 0 fully saturated rings. The molecule has 4 heteroatoms. The Morgan fingerprint density at radius 3 is 2.32 bits per heavy atom. The Morgan fingerprint density at radius 2 is 1.84 bits per heavy atom. The molecule has 142 valence electrons. The van der Waals surface area contributed by atoms with E-state index in [2.05, 4.69) is 44.2 Å². The van der Waals surface area contributed by atoms with Gasteiger partial charge in [-0.25, -0.2) is 0 Å². The molecule has 0 heterocycles. The van der Waals surface area contributed by atoms with Crippen LogP contribution in [0.1, 0.15) is 63.4 Å². The van der Waals surface area contributed by atoms with Gasteiger partial charge in [-0.2, -0.15) is 0 Å². The van der Waals surface area contributed by atoms with Crippen LogP contribution in [0.2, 0.25) is 0 Å². The fraction of sp³-hybridized carbons (Fsp3) is 0.524. The van der Waals surface area contributed by atoms with Gasteiger partial charge >= 0.3 is 0 Å². The predicted octanol–water partition coefficient (Wildman–Crippen LogP) is 5.15. The highest BCUT2D eigenvalue weighted by molar-refractivity contribution is 7.77. The van der Waals surface area contributed by atoms with Crippen molar-refractivity contribution in [1.82, 2.24) is 5.32 Å². The Hall–Kier alpha value is -1.68. The molecule has 3 N–H and O–H groups in total. The zero-order chi connectivity index (χ0) is 19.8. The maximum atomic E-state index is 12.3. The van der Waals surface area contributed by atoms with E-state index in [0.717, 1.165) is 30.0 Å². The normalized spacial score (nSPS) is 15.4. The number of carbonyl (C=O) groups is 1. The lowest BCUT2D eigenvalue weighted by atomic mass is 9.80. The highest BCUT2D eigenvalue weighted by Crippen LogP contribution is 2.28. The number of allylic oxidation sites excluding steroid dienone is 1. The number of fused-ring (bicyclic) bond motifs is 1. The summed E-state index contributed by atoms with van der Waals surface area (Å²) in [5, 5.41) is 3.03. The van der Waals surface area contributed by atoms with Crippen molar-refractivity contribution < 1.29 is 4.79 Å². The average molecular weight is 365 g/mol. The number of aryl methyl sites for hydroxylation is 1. The van der Waals surface area contributed by atoms with Crippen LogP contribution in [0, 0.1) is 11.8 Å². The van der Waals surface area contributed by atoms with Crippen LogP contribution in [0.3, 0.4) is 0 Å². The smallest absolute Gasteiger partial charge is 0.166 e. The third-order valence-electron chi connectivity index (χ3n) is 3.40. The zero-order valence-electron chi connectivity index (χ0n) is 16.8. The SMILES string of the molecule is C=S.CC.CC(C)C.CN/C(=C\N)CC1CCc2ccccc2C1=O. The molecule has 0 radical (unpaired) electrons. The van der Waals surface area contributed by atoms with E-state index >= 15 is 0 Å². The lowest BCUT2D eigenvalue weighted by Gasteiger charge is -2.23. The molecule has 1 unspecified atom stereocenters. The zero-order valence-corrected chi connectivity index (χ0v) is 17.6. The second-order valence-corrected chi connectivity index (χ2v) is 6.14. The molecule has 1 aromatic rings. The summed E-state index contributed by atoms with van der Waals surface area (Å²) in [6.07, 6.45) is 4.15. The molecule has 0 spiro atoms. The summed E-state index contributed by atoms with van der Waals surface area (Å²) in [4.78, 5) is 12.3. The molecule has 0 aliphatic heterocycles. The number of thiocarbonyl (C=S) groups is 1. The molecular formula is C21H36N2OS. The van der Waals surface area contributed by atoms with Crippen molar-refractivity contribution in [1.29, 1.82) is 0 Å². The fourth-order valence-corrected chi connectivity index (χ4v) is 2.37. The number of rotatable bonds is 3.